The number of phosphoric ester groups is 2. The van der Waals surface area contributed by atoms with Gasteiger partial charge in [-0.05, 0) is 180 Å². The molecule has 0 aromatic rings. The molecule has 0 saturated carbocycles. The van der Waals surface area contributed by atoms with Gasteiger partial charge in [0.05, 0.1) is 26.4 Å². The van der Waals surface area contributed by atoms with Crippen LogP contribution in [0, 0.1) is 0 Å². The van der Waals surface area contributed by atoms with Crippen LogP contribution in [0.3, 0.4) is 0 Å². The average Bonchev–Trinajstić information content (AvgIpc) is 0.899. The molecule has 0 aromatic heterocycles. The topological polar surface area (TPSA) is 237 Å². The third-order valence-electron chi connectivity index (χ3n) is 16.6. The summed E-state index contributed by atoms with van der Waals surface area (Å²) in [5.41, 5.74) is 0. The average molecular weight is 1620 g/mol. The van der Waals surface area contributed by atoms with Gasteiger partial charge in [-0.25, -0.2) is 9.13 Å². The van der Waals surface area contributed by atoms with E-state index in [2.05, 4.69) is 192 Å². The molecule has 114 heavy (non-hydrogen) atoms. The van der Waals surface area contributed by atoms with E-state index in [4.69, 9.17) is 37.0 Å². The lowest BCUT2D eigenvalue weighted by Gasteiger charge is -2.21. The van der Waals surface area contributed by atoms with Crippen molar-refractivity contribution in [3.05, 3.63) is 231 Å². The molecule has 0 bridgehead atoms. The van der Waals surface area contributed by atoms with Crippen molar-refractivity contribution in [2.45, 2.75) is 303 Å². The van der Waals surface area contributed by atoms with Gasteiger partial charge >= 0.3 is 39.5 Å². The zero-order valence-electron chi connectivity index (χ0n) is 70.1. The second-order valence-corrected chi connectivity index (χ2v) is 30.3. The van der Waals surface area contributed by atoms with Crippen molar-refractivity contribution in [1.29, 1.82) is 0 Å². The van der Waals surface area contributed by atoms with Gasteiger partial charge in [0.2, 0.25) is 0 Å². The number of unbranched alkanes of at least 4 members (excludes halogenated alkanes) is 13. The summed E-state index contributed by atoms with van der Waals surface area (Å²) in [6.07, 6.45) is 109. The van der Waals surface area contributed by atoms with Crippen LogP contribution in [0.15, 0.2) is 231 Å². The SMILES string of the molecule is CCCCC/C=C\C/C=C\C/C=C\C/C=C\C/C=C\CCC(=O)OC[C@H](COP(=O)(O)OC[C@@H](O)COP(=O)(O)OC[C@@H](COC(=O)CC/C=C\C/C=C\C/C=C\C/C=C\C/C=C\CCCCC)OC(=O)CCC/C=C\C/C=C\C/C=C\C/C=C\CCCCC)OC(=O)CC/C=C\C/C=C\C/C=C\C/C=C\C/C=C\CCCCC. The summed E-state index contributed by atoms with van der Waals surface area (Å²) < 4.78 is 68.4. The first-order chi connectivity index (χ1) is 55.7. The molecular weight excluding hydrogens is 1470 g/mol. The van der Waals surface area contributed by atoms with E-state index in [9.17, 15) is 43.2 Å². The van der Waals surface area contributed by atoms with Crippen LogP contribution in [0.4, 0.5) is 0 Å². The van der Waals surface area contributed by atoms with Crippen molar-refractivity contribution < 1.29 is 80.2 Å². The van der Waals surface area contributed by atoms with Crippen LogP contribution in [0.1, 0.15) is 285 Å². The Balaban J connectivity index is 5.66. The number of esters is 4. The third-order valence-corrected chi connectivity index (χ3v) is 18.5. The zero-order chi connectivity index (χ0) is 83.1. The van der Waals surface area contributed by atoms with Crippen molar-refractivity contribution in [2.24, 2.45) is 0 Å². The fourth-order valence-electron chi connectivity index (χ4n) is 10.1. The van der Waals surface area contributed by atoms with Crippen LogP contribution < -0.4 is 0 Å². The second-order valence-electron chi connectivity index (χ2n) is 27.3. The Morgan fingerprint density at radius 2 is 0.439 bits per heavy atom. The minimum absolute atomic E-state index is 0.00943. The van der Waals surface area contributed by atoms with Gasteiger partial charge in [-0.2, -0.15) is 0 Å². The molecule has 5 atom stereocenters. The number of hydrogen-bond donors (Lipinski definition) is 3. The van der Waals surface area contributed by atoms with E-state index in [-0.39, 0.29) is 25.7 Å². The van der Waals surface area contributed by atoms with Gasteiger partial charge in [-0.15, -0.1) is 0 Å². The van der Waals surface area contributed by atoms with Crippen molar-refractivity contribution in [1.82, 2.24) is 0 Å². The van der Waals surface area contributed by atoms with Crippen LogP contribution in [-0.4, -0.2) is 96.7 Å². The quantitative estimate of drug-likeness (QED) is 0.0169. The van der Waals surface area contributed by atoms with Gasteiger partial charge in [0, 0.05) is 25.7 Å². The Labute approximate surface area is 689 Å². The standard InChI is InChI=1S/C95H148O17P2/c1-5-9-13-17-21-25-29-33-37-41-44-48-51-55-59-63-67-71-75-79-92(97)105-85-90(111-94(99)81-77-73-69-65-61-57-53-47-40-36-32-28-24-20-16-12-8-4)87-109-113(101,102)107-83-89(96)84-108-114(103,104)110-88-91(112-95(100)82-78-74-70-66-62-58-54-50-46-43-39-35-31-27-23-19-15-11-7-3)86-106-93(98)80-76-72-68-64-60-56-52-49-45-42-38-34-30-26-22-18-14-10-6-2/h21-28,33-40,44-46,48-50,53,55-60,62,65,67-72,74,89-91,96H,5-20,29-32,41-43,47,51-52,54,61,63-64,66,73,75-88H2,1-4H3,(H,101,102)(H,103,104)/b25-21-,26-22-,27-23-,28-24-,37-33-,38-34-,39-35-,40-36-,48-44-,49-45-,50-46-,57-53-,59-55-,60-56-,62-58-,69-65-,71-67-,72-68-,74-70-/t89-,90+,91+/m0/s1. The molecule has 0 radical (unpaired) electrons. The highest BCUT2D eigenvalue weighted by Crippen LogP contribution is 2.45. The maximum atomic E-state index is 13.1. The van der Waals surface area contributed by atoms with E-state index in [1.54, 1.807) is 0 Å². The predicted octanol–water partition coefficient (Wildman–Crippen LogP) is 25.8. The molecular formula is C95H148O17P2. The molecule has 0 aliphatic carbocycles. The van der Waals surface area contributed by atoms with E-state index in [1.807, 2.05) is 66.8 Å². The number of aliphatic hydroxyl groups is 1. The summed E-state index contributed by atoms with van der Waals surface area (Å²) in [6.45, 7) is 4.41. The zero-order valence-corrected chi connectivity index (χ0v) is 71.9. The first-order valence-electron chi connectivity index (χ1n) is 42.6. The first kappa shape index (κ1) is 107. The van der Waals surface area contributed by atoms with E-state index in [1.165, 1.54) is 77.0 Å². The third kappa shape index (κ3) is 83.1. The fourth-order valence-corrected chi connectivity index (χ4v) is 11.7. The first-order valence-corrected chi connectivity index (χ1v) is 45.6. The molecule has 0 saturated heterocycles. The summed E-state index contributed by atoms with van der Waals surface area (Å²) >= 11 is 0. The van der Waals surface area contributed by atoms with E-state index in [0.29, 0.717) is 51.4 Å². The molecule has 0 amide bonds. The van der Waals surface area contributed by atoms with Crippen LogP contribution >= 0.6 is 15.6 Å². The minimum Gasteiger partial charge on any atom is -0.462 e. The molecule has 3 N–H and O–H groups in total. The maximum Gasteiger partial charge on any atom is 0.472 e. The molecule has 0 rings (SSSR count). The maximum absolute atomic E-state index is 13.1. The number of aliphatic hydroxyl groups excluding tert-OH is 1. The highest BCUT2D eigenvalue weighted by atomic mass is 31.2. The van der Waals surface area contributed by atoms with Crippen LogP contribution in [0.25, 0.3) is 0 Å². The number of ether oxygens (including phenoxy) is 4. The molecule has 640 valence electrons. The number of carbonyl (C=O) groups is 4. The molecule has 0 spiro atoms. The Morgan fingerprint density at radius 3 is 0.675 bits per heavy atom. The molecule has 0 heterocycles. The minimum atomic E-state index is -5.04. The number of carbonyl (C=O) groups excluding carboxylic acids is 4. The lowest BCUT2D eigenvalue weighted by Crippen LogP contribution is -2.30. The summed E-state index contributed by atoms with van der Waals surface area (Å²) in [7, 11) is -10.1. The van der Waals surface area contributed by atoms with Crippen molar-refractivity contribution in [3.8, 4) is 0 Å². The molecule has 0 aliphatic rings. The lowest BCUT2D eigenvalue weighted by molar-refractivity contribution is -0.161. The second kappa shape index (κ2) is 84.0. The Hall–Kier alpha value is -6.88. The Morgan fingerprint density at radius 1 is 0.246 bits per heavy atom. The van der Waals surface area contributed by atoms with Gasteiger partial charge in [-0.1, -0.05) is 310 Å². The molecule has 0 fully saturated rings. The van der Waals surface area contributed by atoms with Crippen LogP contribution in [0.5, 0.6) is 0 Å². The summed E-state index contributed by atoms with van der Waals surface area (Å²) in [5.74, 6) is -2.56. The number of phosphoric acid groups is 2. The number of hydrogen-bond acceptors (Lipinski definition) is 15. The molecule has 19 heteroatoms. The number of rotatable bonds is 77. The van der Waals surface area contributed by atoms with Crippen LogP contribution in [-0.2, 0) is 65.4 Å². The van der Waals surface area contributed by atoms with Gasteiger partial charge in [0.15, 0.2) is 12.2 Å². The van der Waals surface area contributed by atoms with Crippen molar-refractivity contribution >= 4 is 39.5 Å². The number of allylic oxidation sites excluding steroid dienone is 38. The Bertz CT molecular complexity index is 3070. The van der Waals surface area contributed by atoms with E-state index < -0.39 is 97.5 Å². The van der Waals surface area contributed by atoms with E-state index >= 15 is 0 Å². The normalized spacial score (nSPS) is 14.9. The van der Waals surface area contributed by atoms with Crippen LogP contribution in [0.2, 0.25) is 0 Å². The van der Waals surface area contributed by atoms with Crippen molar-refractivity contribution in [3.63, 3.8) is 0 Å². The smallest absolute Gasteiger partial charge is 0.462 e. The molecule has 17 nitrogen and oxygen atoms in total. The summed E-state index contributed by atoms with van der Waals surface area (Å²) in [5, 5.41) is 10.7. The lowest BCUT2D eigenvalue weighted by atomic mass is 10.2. The van der Waals surface area contributed by atoms with E-state index in [0.717, 1.165) is 103 Å². The molecule has 0 aromatic carbocycles. The predicted molar refractivity (Wildman–Crippen MR) is 472 cm³/mol. The Kier molecular flexibility index (Phi) is 79.0. The molecule has 2 unspecified atom stereocenters. The highest BCUT2D eigenvalue weighted by molar-refractivity contribution is 7.47. The van der Waals surface area contributed by atoms with Gasteiger partial charge < -0.3 is 33.8 Å². The van der Waals surface area contributed by atoms with Gasteiger partial charge in [-0.3, -0.25) is 37.3 Å². The highest BCUT2D eigenvalue weighted by Gasteiger charge is 2.30. The summed E-state index contributed by atoms with van der Waals surface area (Å²) in [4.78, 5) is 73.1. The fraction of sp³-hybridized carbons (Fsp3) is 0.558. The molecule has 0 aliphatic heterocycles. The van der Waals surface area contributed by atoms with Gasteiger partial charge in [0.25, 0.3) is 0 Å². The summed E-state index contributed by atoms with van der Waals surface area (Å²) in [6, 6.07) is 0. The largest absolute Gasteiger partial charge is 0.472 e. The van der Waals surface area contributed by atoms with Gasteiger partial charge in [0.1, 0.15) is 19.3 Å². The monoisotopic (exact) mass is 1620 g/mol. The van der Waals surface area contributed by atoms with Crippen molar-refractivity contribution in [2.75, 3.05) is 39.6 Å².